The third-order valence-corrected chi connectivity index (χ3v) is 4.17. The van der Waals surface area contributed by atoms with Crippen LogP contribution in [0.25, 0.3) is 10.9 Å². The molecule has 4 nitrogen and oxygen atoms in total. The van der Waals surface area contributed by atoms with Crippen LogP contribution in [-0.4, -0.2) is 9.97 Å². The number of pyridine rings is 1. The predicted octanol–water partition coefficient (Wildman–Crippen LogP) is 2.55. The van der Waals surface area contributed by atoms with Crippen LogP contribution < -0.4 is 11.3 Å². The highest BCUT2D eigenvalue weighted by molar-refractivity contribution is 7.09. The third kappa shape index (κ3) is 2.23. The Morgan fingerprint density at radius 2 is 2.16 bits per heavy atom. The quantitative estimate of drug-likeness (QED) is 0.567. The maximum atomic E-state index is 5.72. The fraction of sp³-hybridized carbons (Fsp3) is 0.143. The highest BCUT2D eigenvalue weighted by Gasteiger charge is 2.17. The summed E-state index contributed by atoms with van der Waals surface area (Å²) in [5.41, 5.74) is 7.84. The Morgan fingerprint density at radius 3 is 2.89 bits per heavy atom. The number of nitrogens with two attached hydrogens (primary N) is 1. The molecule has 3 rings (SSSR count). The molecule has 3 aromatic rings. The van der Waals surface area contributed by atoms with Gasteiger partial charge in [0.15, 0.2) is 0 Å². The van der Waals surface area contributed by atoms with Crippen LogP contribution in [0.15, 0.2) is 42.0 Å². The first-order valence-corrected chi connectivity index (χ1v) is 6.88. The molecule has 1 unspecified atom stereocenters. The predicted molar refractivity (Wildman–Crippen MR) is 77.8 cm³/mol. The number of fused-ring (bicyclic) bond motifs is 1. The zero-order chi connectivity index (χ0) is 13.2. The van der Waals surface area contributed by atoms with Gasteiger partial charge in [-0.15, -0.1) is 11.3 Å². The minimum absolute atomic E-state index is 0.0305. The van der Waals surface area contributed by atoms with Crippen molar-refractivity contribution in [2.45, 2.75) is 13.0 Å². The van der Waals surface area contributed by atoms with Crippen molar-refractivity contribution in [1.82, 2.24) is 15.4 Å². The smallest absolute Gasteiger partial charge is 0.0821 e. The Labute approximate surface area is 115 Å². The second kappa shape index (κ2) is 5.05. The van der Waals surface area contributed by atoms with E-state index in [1.807, 2.05) is 24.6 Å². The van der Waals surface area contributed by atoms with Crippen molar-refractivity contribution in [3.63, 3.8) is 0 Å². The van der Waals surface area contributed by atoms with Crippen LogP contribution in [0.2, 0.25) is 0 Å². The number of aromatic nitrogens is 2. The second-order valence-electron chi connectivity index (χ2n) is 4.36. The van der Waals surface area contributed by atoms with Crippen molar-refractivity contribution in [2.75, 3.05) is 0 Å². The highest BCUT2D eigenvalue weighted by atomic mass is 32.1. The molecular weight excluding hydrogens is 256 g/mol. The fourth-order valence-electron chi connectivity index (χ4n) is 2.18. The summed E-state index contributed by atoms with van der Waals surface area (Å²) in [5, 5.41) is 1.11. The summed E-state index contributed by atoms with van der Waals surface area (Å²) in [4.78, 5) is 9.75. The first kappa shape index (κ1) is 12.2. The number of benzene rings is 1. The van der Waals surface area contributed by atoms with Gasteiger partial charge in [-0.3, -0.25) is 10.8 Å². The van der Waals surface area contributed by atoms with E-state index in [0.29, 0.717) is 0 Å². The van der Waals surface area contributed by atoms with Crippen molar-refractivity contribution < 1.29 is 0 Å². The van der Waals surface area contributed by atoms with Crippen molar-refractivity contribution in [1.29, 1.82) is 0 Å². The van der Waals surface area contributed by atoms with E-state index < -0.39 is 0 Å². The molecule has 0 aliphatic heterocycles. The number of hydrazine groups is 1. The molecule has 0 fully saturated rings. The van der Waals surface area contributed by atoms with E-state index in [0.717, 1.165) is 27.0 Å². The second-order valence-corrected chi connectivity index (χ2v) is 5.24. The van der Waals surface area contributed by atoms with Crippen LogP contribution in [0.4, 0.5) is 0 Å². The number of nitrogens with zero attached hydrogens (tertiary/aromatic N) is 2. The van der Waals surface area contributed by atoms with Gasteiger partial charge >= 0.3 is 0 Å². The van der Waals surface area contributed by atoms with Crippen molar-refractivity contribution in [2.24, 2.45) is 5.84 Å². The highest BCUT2D eigenvalue weighted by Crippen LogP contribution is 2.28. The molecule has 0 saturated carbocycles. The minimum atomic E-state index is -0.0305. The topological polar surface area (TPSA) is 63.8 Å². The number of hydrogen-bond donors (Lipinski definition) is 2. The summed E-state index contributed by atoms with van der Waals surface area (Å²) in [6, 6.07) is 10.2. The summed E-state index contributed by atoms with van der Waals surface area (Å²) in [5.74, 6) is 5.72. The lowest BCUT2D eigenvalue weighted by atomic mass is 10.0. The first-order valence-electron chi connectivity index (χ1n) is 6.00. The van der Waals surface area contributed by atoms with Crippen LogP contribution in [0, 0.1) is 6.92 Å². The van der Waals surface area contributed by atoms with Crippen molar-refractivity contribution in [3.8, 4) is 0 Å². The number of nitrogens with one attached hydrogen (secondary N) is 1. The van der Waals surface area contributed by atoms with Crippen LogP contribution >= 0.6 is 11.3 Å². The van der Waals surface area contributed by atoms with Crippen LogP contribution in [0.5, 0.6) is 0 Å². The van der Waals surface area contributed by atoms with Gasteiger partial charge in [-0.1, -0.05) is 12.1 Å². The minimum Gasteiger partial charge on any atom is -0.271 e. The van der Waals surface area contributed by atoms with Crippen LogP contribution in [0.3, 0.4) is 0 Å². The average molecular weight is 270 g/mol. The van der Waals surface area contributed by atoms with Gasteiger partial charge in [0.1, 0.15) is 0 Å². The standard InChI is InChI=1S/C14H14N4S/c1-9-14(19-8-17-9)13(18-15)11-4-5-12-10(7-11)3-2-6-16-12/h2-8,13,18H,15H2,1H3. The molecule has 0 saturated heterocycles. The number of thiazole rings is 1. The maximum absolute atomic E-state index is 5.72. The van der Waals surface area contributed by atoms with E-state index in [4.69, 9.17) is 5.84 Å². The Morgan fingerprint density at radius 1 is 1.26 bits per heavy atom. The molecule has 0 aliphatic carbocycles. The van der Waals surface area contributed by atoms with Gasteiger partial charge in [0, 0.05) is 11.6 Å². The van der Waals surface area contributed by atoms with Gasteiger partial charge < -0.3 is 0 Å². The van der Waals surface area contributed by atoms with Crippen molar-refractivity contribution in [3.05, 3.63) is 58.2 Å². The summed E-state index contributed by atoms with van der Waals surface area (Å²) in [6.07, 6.45) is 1.80. The molecule has 1 aromatic carbocycles. The molecule has 0 spiro atoms. The van der Waals surface area contributed by atoms with E-state index >= 15 is 0 Å². The monoisotopic (exact) mass is 270 g/mol. The normalized spacial score (nSPS) is 12.7. The third-order valence-electron chi connectivity index (χ3n) is 3.17. The molecule has 5 heteroatoms. The molecule has 0 radical (unpaired) electrons. The van der Waals surface area contributed by atoms with E-state index in [1.165, 1.54) is 0 Å². The van der Waals surface area contributed by atoms with Crippen molar-refractivity contribution >= 4 is 22.2 Å². The molecule has 0 aliphatic rings. The summed E-state index contributed by atoms with van der Waals surface area (Å²) < 4.78 is 0. The zero-order valence-corrected chi connectivity index (χ0v) is 11.3. The molecule has 96 valence electrons. The SMILES string of the molecule is Cc1ncsc1C(NN)c1ccc2ncccc2c1. The number of aryl methyl sites for hydroxylation is 1. The Hall–Kier alpha value is -1.82. The molecule has 0 amide bonds. The summed E-state index contributed by atoms with van der Waals surface area (Å²) in [6.45, 7) is 2.00. The van der Waals surface area contributed by atoms with E-state index in [2.05, 4.69) is 33.6 Å². The molecule has 0 bridgehead atoms. The largest absolute Gasteiger partial charge is 0.271 e. The van der Waals surface area contributed by atoms with E-state index in [9.17, 15) is 0 Å². The molecule has 3 N–H and O–H groups in total. The summed E-state index contributed by atoms with van der Waals surface area (Å²) >= 11 is 1.61. The Kier molecular flexibility index (Phi) is 3.25. The molecule has 2 aromatic heterocycles. The van der Waals surface area contributed by atoms with Gasteiger partial charge in [0.05, 0.1) is 27.6 Å². The maximum Gasteiger partial charge on any atom is 0.0821 e. The lowest BCUT2D eigenvalue weighted by Crippen LogP contribution is -2.28. The van der Waals surface area contributed by atoms with Gasteiger partial charge in [0.2, 0.25) is 0 Å². The molecular formula is C14H14N4S. The fourth-order valence-corrected chi connectivity index (χ4v) is 3.07. The van der Waals surface area contributed by atoms with Gasteiger partial charge in [-0.2, -0.15) is 0 Å². The zero-order valence-electron chi connectivity index (χ0n) is 10.5. The van der Waals surface area contributed by atoms with Gasteiger partial charge in [-0.25, -0.2) is 10.4 Å². The number of rotatable bonds is 3. The van der Waals surface area contributed by atoms with Crippen LogP contribution in [-0.2, 0) is 0 Å². The van der Waals surface area contributed by atoms with E-state index in [-0.39, 0.29) is 6.04 Å². The van der Waals surface area contributed by atoms with Crippen LogP contribution in [0.1, 0.15) is 22.2 Å². The molecule has 1 atom stereocenters. The first-order chi connectivity index (χ1) is 9.29. The Balaban J connectivity index is 2.09. The Bertz CT molecular complexity index is 707. The lowest BCUT2D eigenvalue weighted by Gasteiger charge is -2.16. The number of hydrogen-bond acceptors (Lipinski definition) is 5. The average Bonchev–Trinajstić information content (AvgIpc) is 2.86. The lowest BCUT2D eigenvalue weighted by molar-refractivity contribution is 0.642. The molecule has 19 heavy (non-hydrogen) atoms. The van der Waals surface area contributed by atoms with Gasteiger partial charge in [-0.05, 0) is 30.7 Å². The van der Waals surface area contributed by atoms with E-state index in [1.54, 1.807) is 17.5 Å². The summed E-state index contributed by atoms with van der Waals surface area (Å²) in [7, 11) is 0. The van der Waals surface area contributed by atoms with Gasteiger partial charge in [0.25, 0.3) is 0 Å². The molecule has 2 heterocycles.